The van der Waals surface area contributed by atoms with E-state index in [1.165, 1.54) is 0 Å². The molecule has 0 aliphatic heterocycles. The van der Waals surface area contributed by atoms with Gasteiger partial charge in [0, 0.05) is 0 Å². The first-order valence-electron chi connectivity index (χ1n) is 2.19. The fraction of sp³-hybridized carbons (Fsp3) is 0. The Morgan fingerprint density at radius 2 is 0.450 bits per heavy atom. The average Bonchev–Trinajstić information content (AvgIpc) is 1.41. The van der Waals surface area contributed by atoms with Gasteiger partial charge in [-0.3, -0.25) is 0 Å². The molecule has 0 spiro atoms. The van der Waals surface area contributed by atoms with Crippen molar-refractivity contribution in [1.29, 1.82) is 0 Å². The van der Waals surface area contributed by atoms with Crippen LogP contribution in [0.3, 0.4) is 0 Å². The van der Waals surface area contributed by atoms with Crippen molar-refractivity contribution in [1.82, 2.24) is 0 Å². The van der Waals surface area contributed by atoms with Crippen molar-refractivity contribution >= 4 is 110 Å². The van der Waals surface area contributed by atoms with E-state index in [0.717, 1.165) is 0 Å². The van der Waals surface area contributed by atoms with Gasteiger partial charge in [-0.1, -0.05) is 0 Å². The van der Waals surface area contributed by atoms with E-state index < -0.39 is 23.5 Å². The Bertz CT molecular complexity index is 215. The fourth-order valence-electron chi connectivity index (χ4n) is 0. The van der Waals surface area contributed by atoms with Crippen molar-refractivity contribution in [2.45, 2.75) is 0 Å². The molecule has 20 heavy (non-hydrogen) atoms. The molecule has 0 amide bonds. The van der Waals surface area contributed by atoms with E-state index in [-0.39, 0.29) is 92.0 Å². The van der Waals surface area contributed by atoms with Crippen LogP contribution >= 0.6 is 23.5 Å². The Labute approximate surface area is 171 Å². The van der Waals surface area contributed by atoms with E-state index in [0.29, 0.717) is 0 Å². The minimum Gasteiger partial charge on any atom is -0.822 e. The van der Waals surface area contributed by atoms with Gasteiger partial charge in [-0.15, -0.1) is 0 Å². The van der Waals surface area contributed by atoms with Crippen LogP contribution in [0.15, 0.2) is 0 Å². The van der Waals surface area contributed by atoms with E-state index in [1.807, 2.05) is 0 Å². The molecule has 0 rings (SSSR count). The van der Waals surface area contributed by atoms with Gasteiger partial charge in [0.1, 0.15) is 0 Å². The van der Waals surface area contributed by atoms with Crippen LogP contribution in [0.25, 0.3) is 0 Å². The first-order valence-corrected chi connectivity index (χ1v) is 6.57. The molecule has 0 heterocycles. The van der Waals surface area contributed by atoms with Crippen LogP contribution < -0.4 is 44.0 Å². The van der Waals surface area contributed by atoms with Crippen molar-refractivity contribution in [2.75, 3.05) is 0 Å². The van der Waals surface area contributed by atoms with Crippen molar-refractivity contribution in [3.8, 4) is 0 Å². The summed E-state index contributed by atoms with van der Waals surface area (Å²) in [5.74, 6) is 0. The Morgan fingerprint density at radius 1 is 0.450 bits per heavy atom. The molecule has 0 aromatic rings. The molecule has 0 unspecified atom stereocenters. The smallest absolute Gasteiger partial charge is 0.822 e. The summed E-state index contributed by atoms with van der Waals surface area (Å²) in [5.41, 5.74) is 0. The second-order valence-corrected chi connectivity index (χ2v) is 4.02. The summed E-state index contributed by atoms with van der Waals surface area (Å²) in [6, 6.07) is 0. The van der Waals surface area contributed by atoms with Crippen LogP contribution in [0, 0.1) is 0 Å². The van der Waals surface area contributed by atoms with E-state index in [4.69, 9.17) is 57.7 Å². The molecule has 0 aliphatic carbocycles. The zero-order chi connectivity index (χ0) is 13.5. The van der Waals surface area contributed by atoms with E-state index >= 15 is 0 Å². The molecular weight excluding hydrogens is 401 g/mol. The van der Waals surface area contributed by atoms with Crippen LogP contribution in [0.4, 0.5) is 0 Å². The second-order valence-electron chi connectivity index (χ2n) is 1.34. The molecule has 0 radical (unpaired) electrons. The summed E-state index contributed by atoms with van der Waals surface area (Å²) in [5, 5.41) is 0. The average molecular weight is 403 g/mol. The molecule has 104 valence electrons. The number of rotatable bonds is 0. The predicted molar refractivity (Wildman–Crippen MR) is 49.4 cm³/mol. The molecular formula is H2AlMg3O13P3. The molecule has 0 aliphatic rings. The fourth-order valence-corrected chi connectivity index (χ4v) is 0. The number of phosphoric acid groups is 3. The summed E-state index contributed by atoms with van der Waals surface area (Å²) >= 11 is 0. The summed E-state index contributed by atoms with van der Waals surface area (Å²) in [6.07, 6.45) is 0. The zero-order valence-corrected chi connectivity index (χ0v) is 17.5. The van der Waals surface area contributed by atoms with Crippen molar-refractivity contribution in [2.24, 2.45) is 0 Å². The van der Waals surface area contributed by atoms with Gasteiger partial charge in [0.2, 0.25) is 0 Å². The summed E-state index contributed by atoms with van der Waals surface area (Å²) in [6.45, 7) is 0. The monoisotopic (exact) mass is 402 g/mol. The third-order valence-corrected chi connectivity index (χ3v) is 0. The van der Waals surface area contributed by atoms with E-state index in [2.05, 4.69) is 0 Å². The van der Waals surface area contributed by atoms with Crippen LogP contribution in [0.1, 0.15) is 0 Å². The quantitative estimate of drug-likeness (QED) is 0.269. The molecule has 20 heteroatoms. The maximum Gasteiger partial charge on any atom is 3.00 e. The molecule has 0 saturated carbocycles. The summed E-state index contributed by atoms with van der Waals surface area (Å²) in [4.78, 5) is 76.9. The zero-order valence-electron chi connectivity index (χ0n) is 9.44. The van der Waals surface area contributed by atoms with Gasteiger partial charge in [-0.05, 0) is 0 Å². The first-order chi connectivity index (χ1) is 6.00. The van der Waals surface area contributed by atoms with Crippen LogP contribution in [0.2, 0.25) is 0 Å². The maximum atomic E-state index is 8.55. The standard InChI is InChI=1S/Al.3Mg.3H3O4P.H2O/c;;;;3*1-5(2,3)4;/h;;;;3*(H3,1,2,3,4);1H2/q+3;3*+2;;;;/p-9. The minimum atomic E-state index is -5.39. The summed E-state index contributed by atoms with van der Waals surface area (Å²) < 4.78 is 25.6. The van der Waals surface area contributed by atoms with Gasteiger partial charge in [-0.2, -0.15) is 23.5 Å². The van der Waals surface area contributed by atoms with Crippen molar-refractivity contribution in [3.05, 3.63) is 0 Å². The number of hydrogen-bond acceptors (Lipinski definition) is 12. The Hall–Kier alpha value is 3.12. The molecule has 2 N–H and O–H groups in total. The SMILES string of the molecule is O.O=P([O-])([O-])[O-].O=P([O-])([O-])[O-].O=P([O-])([O-])[O-].[Al+3].[Mg+2].[Mg+2].[Mg+2]. The van der Waals surface area contributed by atoms with Gasteiger partial charge in [0.15, 0.2) is 0 Å². The maximum absolute atomic E-state index is 8.55. The summed E-state index contributed by atoms with van der Waals surface area (Å²) in [7, 11) is -16.2. The molecule has 0 fully saturated rings. The Morgan fingerprint density at radius 3 is 0.450 bits per heavy atom. The normalized spacial score (nSPS) is 8.85. The van der Waals surface area contributed by atoms with Crippen LogP contribution in [0.5, 0.6) is 0 Å². The molecule has 0 saturated heterocycles. The van der Waals surface area contributed by atoms with Gasteiger partial charge >= 0.3 is 86.5 Å². The molecule has 0 bridgehead atoms. The van der Waals surface area contributed by atoms with Gasteiger partial charge in [0.25, 0.3) is 0 Å². The number of hydrogen-bond donors (Lipinski definition) is 0. The van der Waals surface area contributed by atoms with Crippen LogP contribution in [-0.2, 0) is 13.7 Å². The van der Waals surface area contributed by atoms with E-state index in [9.17, 15) is 0 Å². The first kappa shape index (κ1) is 49.5. The van der Waals surface area contributed by atoms with Gasteiger partial charge < -0.3 is 63.2 Å². The van der Waals surface area contributed by atoms with Gasteiger partial charge in [0.05, 0.1) is 0 Å². The van der Waals surface area contributed by atoms with Crippen LogP contribution in [-0.4, -0.2) is 92.0 Å². The molecule has 0 aromatic heterocycles. The van der Waals surface area contributed by atoms with Crippen molar-refractivity contribution < 1.29 is 63.2 Å². The molecule has 0 atom stereocenters. The Balaban J connectivity index is -0.0000000160. The molecule has 0 aromatic carbocycles. The Kier molecular flexibility index (Phi) is 54.7. The third kappa shape index (κ3) is 878. The molecule has 13 nitrogen and oxygen atoms in total. The predicted octanol–water partition coefficient (Wildman–Crippen LogP) is -10.8. The third-order valence-electron chi connectivity index (χ3n) is 0. The van der Waals surface area contributed by atoms with Gasteiger partial charge in [-0.25, -0.2) is 0 Å². The largest absolute Gasteiger partial charge is 3.00 e. The topological polar surface area (TPSA) is 290 Å². The van der Waals surface area contributed by atoms with Crippen molar-refractivity contribution in [3.63, 3.8) is 0 Å². The van der Waals surface area contributed by atoms with E-state index in [1.54, 1.807) is 0 Å². The second kappa shape index (κ2) is 22.1. The minimum absolute atomic E-state index is 0.